The van der Waals surface area contributed by atoms with Crippen molar-refractivity contribution in [2.45, 2.75) is 12.6 Å². The summed E-state index contributed by atoms with van der Waals surface area (Å²) in [7, 11) is 0. The number of ether oxygens (including phenoxy) is 1. The minimum atomic E-state index is 0.0421. The van der Waals surface area contributed by atoms with Crippen LogP contribution in [-0.4, -0.2) is 22.3 Å². The maximum atomic E-state index is 11.8. The van der Waals surface area contributed by atoms with Crippen LogP contribution in [0.3, 0.4) is 0 Å². The van der Waals surface area contributed by atoms with Crippen LogP contribution in [0.2, 0.25) is 0 Å². The van der Waals surface area contributed by atoms with Crippen LogP contribution in [0, 0.1) is 0 Å². The third-order valence-corrected chi connectivity index (χ3v) is 3.13. The molecule has 0 amide bonds. The Morgan fingerprint density at radius 1 is 1.71 bits per heavy atom. The smallest absolute Gasteiger partial charge is 0.271 e. The first kappa shape index (κ1) is 8.14. The Morgan fingerprint density at radius 2 is 2.57 bits per heavy atom. The fourth-order valence-corrected chi connectivity index (χ4v) is 2.19. The minimum Gasteiger partial charge on any atom is -0.371 e. The van der Waals surface area contributed by atoms with Crippen LogP contribution in [0.4, 0.5) is 0 Å². The van der Waals surface area contributed by atoms with E-state index < -0.39 is 0 Å². The summed E-state index contributed by atoms with van der Waals surface area (Å²) in [6.45, 7) is 1.38. The van der Waals surface area contributed by atoms with E-state index in [0.29, 0.717) is 6.54 Å². The number of thiophene rings is 1. The first-order valence-corrected chi connectivity index (χ1v) is 5.27. The van der Waals surface area contributed by atoms with Crippen LogP contribution in [0.15, 0.2) is 22.6 Å². The molecule has 0 bridgehead atoms. The molecule has 0 spiro atoms. The predicted molar refractivity (Wildman–Crippen MR) is 53.6 cm³/mol. The Hall–Kier alpha value is -1.20. The van der Waals surface area contributed by atoms with E-state index in [2.05, 4.69) is 4.98 Å². The van der Waals surface area contributed by atoms with Gasteiger partial charge >= 0.3 is 0 Å². The Balaban J connectivity index is 2.14. The zero-order valence-electron chi connectivity index (χ0n) is 7.34. The van der Waals surface area contributed by atoms with E-state index in [1.165, 1.54) is 11.3 Å². The van der Waals surface area contributed by atoms with Crippen molar-refractivity contribution >= 4 is 21.6 Å². The molecule has 0 aliphatic carbocycles. The zero-order valence-corrected chi connectivity index (χ0v) is 8.16. The van der Waals surface area contributed by atoms with Crippen molar-refractivity contribution in [1.29, 1.82) is 0 Å². The predicted octanol–water partition coefficient (Wildman–Crippen LogP) is 0.857. The molecule has 3 rings (SSSR count). The zero-order chi connectivity index (χ0) is 9.54. The van der Waals surface area contributed by atoms with Crippen LogP contribution in [0.25, 0.3) is 10.2 Å². The molecule has 1 atom stereocenters. The Morgan fingerprint density at radius 3 is 3.36 bits per heavy atom. The van der Waals surface area contributed by atoms with Gasteiger partial charge in [-0.2, -0.15) is 0 Å². The highest BCUT2D eigenvalue weighted by Gasteiger charge is 2.23. The van der Waals surface area contributed by atoms with Gasteiger partial charge in [0.1, 0.15) is 4.70 Å². The highest BCUT2D eigenvalue weighted by Crippen LogP contribution is 2.15. The van der Waals surface area contributed by atoms with Crippen molar-refractivity contribution < 1.29 is 4.74 Å². The lowest BCUT2D eigenvalue weighted by Gasteiger charge is -2.00. The molecular formula is C9H8N2O2S. The quantitative estimate of drug-likeness (QED) is 0.687. The summed E-state index contributed by atoms with van der Waals surface area (Å²) in [5, 5.41) is 1.89. The van der Waals surface area contributed by atoms with E-state index in [0.717, 1.165) is 16.8 Å². The molecule has 5 heteroatoms. The molecule has 2 aromatic heterocycles. The van der Waals surface area contributed by atoms with Crippen molar-refractivity contribution in [3.05, 3.63) is 28.1 Å². The fraction of sp³-hybridized carbons (Fsp3) is 0.333. The third-order valence-electron chi connectivity index (χ3n) is 2.24. The molecule has 0 radical (unpaired) electrons. The lowest BCUT2D eigenvalue weighted by molar-refractivity contribution is 0.380. The highest BCUT2D eigenvalue weighted by atomic mass is 32.1. The average Bonchev–Trinajstić information content (AvgIpc) is 2.85. The van der Waals surface area contributed by atoms with Crippen LogP contribution < -0.4 is 5.56 Å². The highest BCUT2D eigenvalue weighted by molar-refractivity contribution is 7.17. The maximum absolute atomic E-state index is 11.8. The Labute approximate surface area is 83.8 Å². The van der Waals surface area contributed by atoms with E-state index in [4.69, 9.17) is 4.74 Å². The number of rotatable bonds is 2. The second-order valence-corrected chi connectivity index (χ2v) is 4.21. The molecule has 2 aromatic rings. The maximum Gasteiger partial charge on any atom is 0.271 e. The van der Waals surface area contributed by atoms with Crippen LogP contribution in [-0.2, 0) is 11.3 Å². The Kier molecular flexibility index (Phi) is 1.68. The molecule has 3 heterocycles. The van der Waals surface area contributed by atoms with Gasteiger partial charge in [0.15, 0.2) is 0 Å². The molecule has 14 heavy (non-hydrogen) atoms. The summed E-state index contributed by atoms with van der Waals surface area (Å²) in [4.78, 5) is 16.0. The molecule has 72 valence electrons. The summed E-state index contributed by atoms with van der Waals surface area (Å²) in [5.41, 5.74) is 0.827. The van der Waals surface area contributed by atoms with Gasteiger partial charge in [0.05, 0.1) is 31.1 Å². The van der Waals surface area contributed by atoms with Gasteiger partial charge in [-0.05, 0) is 11.4 Å². The van der Waals surface area contributed by atoms with Gasteiger partial charge in [-0.1, -0.05) is 0 Å². The van der Waals surface area contributed by atoms with E-state index in [1.54, 1.807) is 10.9 Å². The van der Waals surface area contributed by atoms with Gasteiger partial charge in [0, 0.05) is 0 Å². The lowest BCUT2D eigenvalue weighted by atomic mass is 10.4. The summed E-state index contributed by atoms with van der Waals surface area (Å²) < 4.78 is 7.43. The molecule has 1 saturated heterocycles. The molecule has 1 aliphatic heterocycles. The van der Waals surface area contributed by atoms with Crippen LogP contribution >= 0.6 is 11.3 Å². The largest absolute Gasteiger partial charge is 0.371 e. The summed E-state index contributed by atoms with van der Waals surface area (Å²) in [6, 6.07) is 1.86. The van der Waals surface area contributed by atoms with Gasteiger partial charge in [-0.25, -0.2) is 4.98 Å². The average molecular weight is 208 g/mol. The second kappa shape index (κ2) is 2.90. The van der Waals surface area contributed by atoms with E-state index in [9.17, 15) is 4.79 Å². The van der Waals surface area contributed by atoms with Gasteiger partial charge < -0.3 is 4.74 Å². The lowest BCUT2D eigenvalue weighted by Crippen LogP contribution is -2.21. The van der Waals surface area contributed by atoms with Gasteiger partial charge in [0.2, 0.25) is 0 Å². The molecular weight excluding hydrogens is 200 g/mol. The molecule has 0 saturated carbocycles. The Bertz CT molecular complexity index is 527. The summed E-state index contributed by atoms with van der Waals surface area (Å²) in [5.74, 6) is 0. The SMILES string of the molecule is O=c1c2sccc2ncn1CC1CO1. The van der Waals surface area contributed by atoms with Gasteiger partial charge in [0.25, 0.3) is 5.56 Å². The number of epoxide rings is 1. The van der Waals surface area contributed by atoms with Crippen molar-refractivity contribution in [2.75, 3.05) is 6.61 Å². The number of fused-ring (bicyclic) bond motifs is 1. The summed E-state index contributed by atoms with van der Waals surface area (Å²) in [6.07, 6.45) is 1.81. The summed E-state index contributed by atoms with van der Waals surface area (Å²) >= 11 is 1.44. The number of hydrogen-bond acceptors (Lipinski definition) is 4. The number of aromatic nitrogens is 2. The van der Waals surface area contributed by atoms with E-state index in [-0.39, 0.29) is 11.7 Å². The molecule has 1 aliphatic rings. The van der Waals surface area contributed by atoms with Crippen molar-refractivity contribution in [3.8, 4) is 0 Å². The molecule has 0 N–H and O–H groups in total. The normalized spacial score (nSPS) is 20.1. The molecule has 4 nitrogen and oxygen atoms in total. The minimum absolute atomic E-state index is 0.0421. The first-order chi connectivity index (χ1) is 6.84. The second-order valence-electron chi connectivity index (χ2n) is 3.29. The van der Waals surface area contributed by atoms with E-state index in [1.807, 2.05) is 11.4 Å². The van der Waals surface area contributed by atoms with Gasteiger partial charge in [-0.15, -0.1) is 11.3 Å². The number of hydrogen-bond donors (Lipinski definition) is 0. The van der Waals surface area contributed by atoms with Crippen LogP contribution in [0.5, 0.6) is 0 Å². The standard InChI is InChI=1S/C9H8N2O2S/c12-9-8-7(1-2-14-8)10-5-11(9)3-6-4-13-6/h1-2,5-6H,3-4H2. The van der Waals surface area contributed by atoms with Gasteiger partial charge in [-0.3, -0.25) is 9.36 Å². The topological polar surface area (TPSA) is 47.4 Å². The molecule has 1 fully saturated rings. The first-order valence-electron chi connectivity index (χ1n) is 4.39. The third kappa shape index (κ3) is 1.25. The van der Waals surface area contributed by atoms with E-state index >= 15 is 0 Å². The fourth-order valence-electron chi connectivity index (χ4n) is 1.40. The molecule has 1 unspecified atom stereocenters. The van der Waals surface area contributed by atoms with Crippen molar-refractivity contribution in [2.24, 2.45) is 0 Å². The van der Waals surface area contributed by atoms with Crippen molar-refractivity contribution in [1.82, 2.24) is 9.55 Å². The van der Waals surface area contributed by atoms with Crippen LogP contribution in [0.1, 0.15) is 0 Å². The monoisotopic (exact) mass is 208 g/mol. The van der Waals surface area contributed by atoms with Crippen molar-refractivity contribution in [3.63, 3.8) is 0 Å². The molecule has 0 aromatic carbocycles. The number of nitrogens with zero attached hydrogens (tertiary/aromatic N) is 2.